The van der Waals surface area contributed by atoms with Gasteiger partial charge in [0, 0.05) is 5.69 Å². The summed E-state index contributed by atoms with van der Waals surface area (Å²) >= 11 is 0. The molecule has 1 aromatic carbocycles. The van der Waals surface area contributed by atoms with Crippen molar-refractivity contribution in [3.8, 4) is 5.75 Å². The fourth-order valence-electron chi connectivity index (χ4n) is 2.88. The Kier molecular flexibility index (Phi) is 5.54. The molecule has 1 aromatic heterocycles. The minimum atomic E-state index is -0.274. The van der Waals surface area contributed by atoms with Crippen LogP contribution in [0.15, 0.2) is 40.8 Å². The monoisotopic (exact) mass is 329 g/mol. The molecule has 1 N–H and O–H groups in total. The second kappa shape index (κ2) is 8.02. The van der Waals surface area contributed by atoms with E-state index in [9.17, 15) is 4.79 Å². The predicted octanol–water partition coefficient (Wildman–Crippen LogP) is 4.39. The summed E-state index contributed by atoms with van der Waals surface area (Å²) in [4.78, 5) is 12.2. The van der Waals surface area contributed by atoms with Gasteiger partial charge in [0.05, 0.1) is 13.2 Å². The second-order valence-electron chi connectivity index (χ2n) is 6.02. The predicted molar refractivity (Wildman–Crippen MR) is 91.3 cm³/mol. The van der Waals surface area contributed by atoms with Gasteiger partial charge in [-0.25, -0.2) is 0 Å². The highest BCUT2D eigenvalue weighted by atomic mass is 16.5. The standard InChI is InChI=1S/C19H23NO4/c1-22-15-9-7-14(8-10-15)20-19(21)18-12-11-17(24-18)13-23-16-5-3-2-4-6-16/h7-12,16H,2-6,13H2,1H3,(H,20,21). The van der Waals surface area contributed by atoms with Crippen LogP contribution in [0.25, 0.3) is 0 Å². The largest absolute Gasteiger partial charge is 0.497 e. The number of hydrogen-bond donors (Lipinski definition) is 1. The lowest BCUT2D eigenvalue weighted by Crippen LogP contribution is -2.16. The van der Waals surface area contributed by atoms with E-state index in [1.165, 1.54) is 19.3 Å². The fraction of sp³-hybridized carbons (Fsp3) is 0.421. The van der Waals surface area contributed by atoms with Crippen LogP contribution in [-0.2, 0) is 11.3 Å². The van der Waals surface area contributed by atoms with E-state index >= 15 is 0 Å². The number of ether oxygens (including phenoxy) is 2. The summed E-state index contributed by atoms with van der Waals surface area (Å²) in [6.45, 7) is 0.417. The van der Waals surface area contributed by atoms with Gasteiger partial charge in [0.15, 0.2) is 5.76 Å². The zero-order valence-electron chi connectivity index (χ0n) is 13.9. The molecule has 0 saturated heterocycles. The van der Waals surface area contributed by atoms with E-state index in [1.807, 2.05) is 0 Å². The second-order valence-corrected chi connectivity index (χ2v) is 6.02. The highest BCUT2D eigenvalue weighted by molar-refractivity contribution is 6.02. The van der Waals surface area contributed by atoms with Gasteiger partial charge < -0.3 is 19.2 Å². The van der Waals surface area contributed by atoms with Crippen LogP contribution in [0.3, 0.4) is 0 Å². The third-order valence-electron chi connectivity index (χ3n) is 4.25. The number of carbonyl (C=O) groups excluding carboxylic acids is 1. The maximum absolute atomic E-state index is 12.2. The van der Waals surface area contributed by atoms with Crippen molar-refractivity contribution in [2.45, 2.75) is 44.8 Å². The highest BCUT2D eigenvalue weighted by Crippen LogP contribution is 2.22. The first-order valence-corrected chi connectivity index (χ1v) is 8.40. The van der Waals surface area contributed by atoms with E-state index < -0.39 is 0 Å². The zero-order chi connectivity index (χ0) is 16.8. The van der Waals surface area contributed by atoms with Crippen molar-refractivity contribution in [3.63, 3.8) is 0 Å². The van der Waals surface area contributed by atoms with Gasteiger partial charge >= 0.3 is 0 Å². The van der Waals surface area contributed by atoms with E-state index in [0.29, 0.717) is 24.2 Å². The number of amides is 1. The van der Waals surface area contributed by atoms with Gasteiger partial charge in [0.1, 0.15) is 18.1 Å². The van der Waals surface area contributed by atoms with Crippen LogP contribution in [0.2, 0.25) is 0 Å². The van der Waals surface area contributed by atoms with Crippen molar-refractivity contribution >= 4 is 11.6 Å². The normalized spacial score (nSPS) is 15.2. The van der Waals surface area contributed by atoms with Gasteiger partial charge in [-0.05, 0) is 49.2 Å². The Morgan fingerprint density at radius 2 is 1.88 bits per heavy atom. The van der Waals surface area contributed by atoms with Crippen LogP contribution in [0.5, 0.6) is 5.75 Å². The number of rotatable bonds is 6. The zero-order valence-corrected chi connectivity index (χ0v) is 13.9. The molecule has 1 fully saturated rings. The van der Waals surface area contributed by atoms with Crippen LogP contribution < -0.4 is 10.1 Å². The van der Waals surface area contributed by atoms with Crippen LogP contribution in [0.4, 0.5) is 5.69 Å². The highest BCUT2D eigenvalue weighted by Gasteiger charge is 2.16. The van der Waals surface area contributed by atoms with Crippen molar-refractivity contribution in [3.05, 3.63) is 47.9 Å². The summed E-state index contributed by atoms with van der Waals surface area (Å²) < 4.78 is 16.6. The number of carbonyl (C=O) groups is 1. The van der Waals surface area contributed by atoms with Crippen molar-refractivity contribution in [1.82, 2.24) is 0 Å². The molecule has 3 rings (SSSR count). The SMILES string of the molecule is COc1ccc(NC(=O)c2ccc(COC3CCCCC3)o2)cc1. The van der Waals surface area contributed by atoms with E-state index in [4.69, 9.17) is 13.9 Å². The van der Waals surface area contributed by atoms with Crippen LogP contribution in [0, 0.1) is 0 Å². The number of methoxy groups -OCH3 is 1. The smallest absolute Gasteiger partial charge is 0.291 e. The minimum absolute atomic E-state index is 0.274. The van der Waals surface area contributed by atoms with E-state index in [-0.39, 0.29) is 11.7 Å². The average Bonchev–Trinajstić information content (AvgIpc) is 3.11. The van der Waals surface area contributed by atoms with E-state index in [1.54, 1.807) is 43.5 Å². The summed E-state index contributed by atoms with van der Waals surface area (Å²) in [7, 11) is 1.60. The summed E-state index contributed by atoms with van der Waals surface area (Å²) in [6, 6.07) is 10.6. The molecule has 0 atom stereocenters. The number of nitrogens with one attached hydrogen (secondary N) is 1. The lowest BCUT2D eigenvalue weighted by Gasteiger charge is -2.21. The lowest BCUT2D eigenvalue weighted by molar-refractivity contribution is 0.00849. The Labute approximate surface area is 141 Å². The molecule has 1 saturated carbocycles. The Balaban J connectivity index is 1.52. The van der Waals surface area contributed by atoms with Crippen LogP contribution in [-0.4, -0.2) is 19.1 Å². The summed E-state index contributed by atoms with van der Waals surface area (Å²) in [5, 5.41) is 2.80. The molecule has 0 spiro atoms. The molecular weight excluding hydrogens is 306 g/mol. The minimum Gasteiger partial charge on any atom is -0.497 e. The molecule has 24 heavy (non-hydrogen) atoms. The average molecular weight is 329 g/mol. The van der Waals surface area contributed by atoms with Crippen LogP contribution in [0.1, 0.15) is 48.4 Å². The maximum atomic E-state index is 12.2. The molecule has 1 aliphatic rings. The topological polar surface area (TPSA) is 60.7 Å². The lowest BCUT2D eigenvalue weighted by atomic mass is 9.98. The van der Waals surface area contributed by atoms with Gasteiger partial charge in [-0.2, -0.15) is 0 Å². The Bertz CT molecular complexity index is 656. The molecule has 1 heterocycles. The molecule has 2 aromatic rings. The number of anilines is 1. The number of benzene rings is 1. The van der Waals surface area contributed by atoms with E-state index in [2.05, 4.69) is 5.32 Å². The Morgan fingerprint density at radius 3 is 2.58 bits per heavy atom. The summed E-state index contributed by atoms with van der Waals surface area (Å²) in [6.07, 6.45) is 6.32. The van der Waals surface area contributed by atoms with E-state index in [0.717, 1.165) is 18.6 Å². The summed E-state index contributed by atoms with van der Waals surface area (Å²) in [5.41, 5.74) is 0.692. The Morgan fingerprint density at radius 1 is 1.12 bits per heavy atom. The maximum Gasteiger partial charge on any atom is 0.291 e. The summed E-state index contributed by atoms with van der Waals surface area (Å²) in [5.74, 6) is 1.44. The molecule has 0 unspecified atom stereocenters. The van der Waals surface area contributed by atoms with Gasteiger partial charge in [-0.3, -0.25) is 4.79 Å². The van der Waals surface area contributed by atoms with Crippen molar-refractivity contribution in [1.29, 1.82) is 0 Å². The first-order chi connectivity index (χ1) is 11.7. The van der Waals surface area contributed by atoms with Crippen molar-refractivity contribution in [2.75, 3.05) is 12.4 Å². The third kappa shape index (κ3) is 4.38. The van der Waals surface area contributed by atoms with Crippen molar-refractivity contribution in [2.24, 2.45) is 0 Å². The molecule has 1 aliphatic carbocycles. The molecular formula is C19H23NO4. The number of furan rings is 1. The molecule has 5 nitrogen and oxygen atoms in total. The van der Waals surface area contributed by atoms with Gasteiger partial charge in [-0.15, -0.1) is 0 Å². The van der Waals surface area contributed by atoms with Crippen molar-refractivity contribution < 1.29 is 18.7 Å². The quantitative estimate of drug-likeness (QED) is 0.854. The first kappa shape index (κ1) is 16.6. The molecule has 0 radical (unpaired) electrons. The third-order valence-corrected chi connectivity index (χ3v) is 4.25. The molecule has 5 heteroatoms. The van der Waals surface area contributed by atoms with Gasteiger partial charge in [0.2, 0.25) is 0 Å². The van der Waals surface area contributed by atoms with Gasteiger partial charge in [-0.1, -0.05) is 19.3 Å². The van der Waals surface area contributed by atoms with Crippen LogP contribution >= 0.6 is 0 Å². The molecule has 0 bridgehead atoms. The molecule has 0 aliphatic heterocycles. The number of hydrogen-bond acceptors (Lipinski definition) is 4. The molecule has 128 valence electrons. The van der Waals surface area contributed by atoms with Gasteiger partial charge in [0.25, 0.3) is 5.91 Å². The molecule has 1 amide bonds. The Hall–Kier alpha value is -2.27. The first-order valence-electron chi connectivity index (χ1n) is 8.40. The fourth-order valence-corrected chi connectivity index (χ4v) is 2.88.